The largest absolute Gasteiger partial charge is 0.490 e. The Kier molecular flexibility index (Phi) is 11.9. The lowest BCUT2D eigenvalue weighted by atomic mass is 9.68. The van der Waals surface area contributed by atoms with Crippen LogP contribution in [0.5, 0.6) is 5.75 Å². The molecular formula is C36H50F2O. The predicted octanol–water partition coefficient (Wildman–Crippen LogP) is 11.1. The number of allylic oxidation sites excluding steroid dienone is 2. The average molecular weight is 537 g/mol. The SMILES string of the molecule is CCCCCC1CCC(C2CCC(/C=C/CCc3ccc(-c4ccc(OCCC)c(F)c4F)cc3)CC2)CC1. The normalized spacial score (nSPS) is 23.8. The van der Waals surface area contributed by atoms with E-state index in [1.807, 2.05) is 31.2 Å². The Morgan fingerprint density at radius 2 is 1.46 bits per heavy atom. The number of unbranched alkanes of at least 4 members (excludes halogenated alkanes) is 2. The monoisotopic (exact) mass is 536 g/mol. The number of aryl methyl sites for hydroxylation is 1. The summed E-state index contributed by atoms with van der Waals surface area (Å²) in [7, 11) is 0. The highest BCUT2D eigenvalue weighted by atomic mass is 19.2. The fourth-order valence-corrected chi connectivity index (χ4v) is 6.91. The van der Waals surface area contributed by atoms with E-state index in [1.165, 1.54) is 88.7 Å². The maximum absolute atomic E-state index is 14.6. The molecule has 2 aromatic rings. The number of ether oxygens (including phenoxy) is 1. The molecule has 0 radical (unpaired) electrons. The van der Waals surface area contributed by atoms with E-state index in [0.29, 0.717) is 12.2 Å². The Labute approximate surface area is 236 Å². The van der Waals surface area contributed by atoms with Crippen molar-refractivity contribution in [2.24, 2.45) is 23.7 Å². The lowest BCUT2D eigenvalue weighted by molar-refractivity contribution is 0.151. The van der Waals surface area contributed by atoms with Gasteiger partial charge in [0.2, 0.25) is 5.82 Å². The van der Waals surface area contributed by atoms with Crippen LogP contribution < -0.4 is 4.74 Å². The highest BCUT2D eigenvalue weighted by molar-refractivity contribution is 5.65. The lowest BCUT2D eigenvalue weighted by Gasteiger charge is -2.37. The van der Waals surface area contributed by atoms with E-state index >= 15 is 0 Å². The third-order valence-corrected chi connectivity index (χ3v) is 9.37. The van der Waals surface area contributed by atoms with Gasteiger partial charge in [-0.2, -0.15) is 4.39 Å². The fourth-order valence-electron chi connectivity index (χ4n) is 6.91. The molecule has 2 aromatic carbocycles. The number of hydrogen-bond acceptors (Lipinski definition) is 1. The summed E-state index contributed by atoms with van der Waals surface area (Å²) in [5, 5.41) is 0. The second-order valence-corrected chi connectivity index (χ2v) is 12.2. The molecule has 0 atom stereocenters. The fraction of sp³-hybridized carbons (Fsp3) is 0.611. The Morgan fingerprint density at radius 3 is 2.13 bits per heavy atom. The van der Waals surface area contributed by atoms with Gasteiger partial charge >= 0.3 is 0 Å². The molecule has 3 heteroatoms. The van der Waals surface area contributed by atoms with Crippen LogP contribution in [0.25, 0.3) is 11.1 Å². The standard InChI is InChI=1S/C36H50F2O/c1-3-5-6-9-27-12-18-30(19-13-27)31-20-14-28(15-21-31)10-7-8-11-29-16-22-32(23-17-29)33-24-25-34(39-26-4-2)36(38)35(33)37/h7,10,16-17,22-25,27-28,30-31H,3-6,8-9,11-15,18-21,26H2,1-2H3/b10-7+. The third kappa shape index (κ3) is 8.66. The Morgan fingerprint density at radius 1 is 0.769 bits per heavy atom. The minimum atomic E-state index is -0.908. The maximum Gasteiger partial charge on any atom is 0.201 e. The average Bonchev–Trinajstić information content (AvgIpc) is 2.97. The Hall–Kier alpha value is -2.16. The zero-order valence-corrected chi connectivity index (χ0v) is 24.4. The highest BCUT2D eigenvalue weighted by Crippen LogP contribution is 2.42. The van der Waals surface area contributed by atoms with Crippen LogP contribution in [0.3, 0.4) is 0 Å². The quantitative estimate of drug-likeness (QED) is 0.183. The second-order valence-electron chi connectivity index (χ2n) is 12.2. The number of benzene rings is 2. The zero-order valence-electron chi connectivity index (χ0n) is 24.4. The van der Waals surface area contributed by atoms with E-state index < -0.39 is 11.6 Å². The van der Waals surface area contributed by atoms with Crippen LogP contribution >= 0.6 is 0 Å². The number of halogens is 2. The first-order valence-electron chi connectivity index (χ1n) is 16.0. The molecule has 2 aliphatic rings. The first kappa shape index (κ1) is 29.8. The molecule has 2 fully saturated rings. The maximum atomic E-state index is 14.6. The summed E-state index contributed by atoms with van der Waals surface area (Å²) in [6.07, 6.45) is 24.8. The van der Waals surface area contributed by atoms with E-state index in [0.717, 1.165) is 42.9 Å². The molecular weight excluding hydrogens is 486 g/mol. The van der Waals surface area contributed by atoms with Gasteiger partial charge in [0, 0.05) is 5.56 Å². The van der Waals surface area contributed by atoms with Crippen LogP contribution in [0, 0.1) is 35.3 Å². The van der Waals surface area contributed by atoms with Crippen LogP contribution in [0.1, 0.15) is 109 Å². The summed E-state index contributed by atoms with van der Waals surface area (Å²) >= 11 is 0. The van der Waals surface area contributed by atoms with E-state index in [4.69, 9.17) is 4.74 Å². The molecule has 0 N–H and O–H groups in total. The number of hydrogen-bond donors (Lipinski definition) is 0. The van der Waals surface area contributed by atoms with E-state index in [9.17, 15) is 8.78 Å². The zero-order chi connectivity index (χ0) is 27.5. The van der Waals surface area contributed by atoms with Gasteiger partial charge < -0.3 is 4.74 Å². The Bertz CT molecular complexity index is 1010. The van der Waals surface area contributed by atoms with E-state index in [1.54, 1.807) is 6.07 Å². The second kappa shape index (κ2) is 15.6. The molecule has 2 aliphatic carbocycles. The van der Waals surface area contributed by atoms with Crippen molar-refractivity contribution in [2.75, 3.05) is 6.61 Å². The van der Waals surface area contributed by atoms with Crippen molar-refractivity contribution < 1.29 is 13.5 Å². The summed E-state index contributed by atoms with van der Waals surface area (Å²) < 4.78 is 34.3. The van der Waals surface area contributed by atoms with Gasteiger partial charge in [0.15, 0.2) is 11.6 Å². The third-order valence-electron chi connectivity index (χ3n) is 9.37. The molecule has 39 heavy (non-hydrogen) atoms. The summed E-state index contributed by atoms with van der Waals surface area (Å²) in [5.41, 5.74) is 2.19. The molecule has 2 saturated carbocycles. The number of rotatable bonds is 13. The van der Waals surface area contributed by atoms with Gasteiger partial charge in [-0.1, -0.05) is 88.8 Å². The molecule has 0 spiro atoms. The topological polar surface area (TPSA) is 9.23 Å². The van der Waals surface area contributed by atoms with Crippen molar-refractivity contribution in [1.29, 1.82) is 0 Å². The van der Waals surface area contributed by atoms with Crippen LogP contribution in [-0.2, 0) is 6.42 Å². The highest BCUT2D eigenvalue weighted by Gasteiger charge is 2.30. The molecule has 0 heterocycles. The molecule has 0 aromatic heterocycles. The molecule has 0 unspecified atom stereocenters. The van der Waals surface area contributed by atoms with Crippen LogP contribution in [0.2, 0.25) is 0 Å². The van der Waals surface area contributed by atoms with Gasteiger partial charge in [-0.3, -0.25) is 0 Å². The minimum absolute atomic E-state index is 0.0183. The molecule has 1 nitrogen and oxygen atoms in total. The minimum Gasteiger partial charge on any atom is -0.490 e. The molecule has 214 valence electrons. The van der Waals surface area contributed by atoms with Crippen molar-refractivity contribution in [2.45, 2.75) is 110 Å². The molecule has 0 saturated heterocycles. The summed E-state index contributed by atoms with van der Waals surface area (Å²) in [6, 6.07) is 11.0. The summed E-state index contributed by atoms with van der Waals surface area (Å²) in [6.45, 7) is 4.62. The Balaban J connectivity index is 1.16. The molecule has 0 bridgehead atoms. The first-order valence-corrected chi connectivity index (χ1v) is 16.0. The van der Waals surface area contributed by atoms with Crippen molar-refractivity contribution >= 4 is 0 Å². The van der Waals surface area contributed by atoms with Crippen LogP contribution in [0.15, 0.2) is 48.6 Å². The predicted molar refractivity (Wildman–Crippen MR) is 160 cm³/mol. The molecule has 0 aliphatic heterocycles. The van der Waals surface area contributed by atoms with Gasteiger partial charge in [-0.05, 0) is 105 Å². The smallest absolute Gasteiger partial charge is 0.201 e. The summed E-state index contributed by atoms with van der Waals surface area (Å²) in [4.78, 5) is 0. The van der Waals surface area contributed by atoms with Crippen LogP contribution in [0.4, 0.5) is 8.78 Å². The van der Waals surface area contributed by atoms with Gasteiger partial charge in [-0.15, -0.1) is 0 Å². The van der Waals surface area contributed by atoms with Gasteiger partial charge in [0.1, 0.15) is 0 Å². The molecule has 0 amide bonds. The van der Waals surface area contributed by atoms with Crippen molar-refractivity contribution in [3.63, 3.8) is 0 Å². The van der Waals surface area contributed by atoms with Crippen molar-refractivity contribution in [3.8, 4) is 16.9 Å². The van der Waals surface area contributed by atoms with E-state index in [2.05, 4.69) is 19.1 Å². The first-order chi connectivity index (χ1) is 19.1. The van der Waals surface area contributed by atoms with Gasteiger partial charge in [0.05, 0.1) is 6.61 Å². The van der Waals surface area contributed by atoms with Crippen LogP contribution in [-0.4, -0.2) is 6.61 Å². The summed E-state index contributed by atoms with van der Waals surface area (Å²) in [5.74, 6) is 1.97. The van der Waals surface area contributed by atoms with Crippen molar-refractivity contribution in [3.05, 3.63) is 65.7 Å². The van der Waals surface area contributed by atoms with Crippen molar-refractivity contribution in [1.82, 2.24) is 0 Å². The molecule has 4 rings (SSSR count). The lowest BCUT2D eigenvalue weighted by Crippen LogP contribution is -2.25. The van der Waals surface area contributed by atoms with Gasteiger partial charge in [-0.25, -0.2) is 4.39 Å². The van der Waals surface area contributed by atoms with Gasteiger partial charge in [0.25, 0.3) is 0 Å². The van der Waals surface area contributed by atoms with E-state index in [-0.39, 0.29) is 11.3 Å².